The lowest BCUT2D eigenvalue weighted by atomic mass is 9.98. The average molecular weight is 314 g/mol. The zero-order valence-corrected chi connectivity index (χ0v) is 13.2. The van der Waals surface area contributed by atoms with Crippen molar-refractivity contribution in [3.8, 4) is 0 Å². The summed E-state index contributed by atoms with van der Waals surface area (Å²) in [5.74, 6) is -0.350. The quantitative estimate of drug-likeness (QED) is 0.833. The van der Waals surface area contributed by atoms with Gasteiger partial charge in [0, 0.05) is 31.5 Å². The van der Waals surface area contributed by atoms with Crippen LogP contribution >= 0.6 is 0 Å². The van der Waals surface area contributed by atoms with E-state index in [0.717, 1.165) is 12.8 Å². The van der Waals surface area contributed by atoms with Gasteiger partial charge in [0.05, 0.1) is 18.7 Å². The molecule has 1 saturated heterocycles. The smallest absolute Gasteiger partial charge is 0.224 e. The fraction of sp³-hybridized carbons (Fsp3) is 0.692. The lowest BCUT2D eigenvalue weighted by Crippen LogP contribution is -2.47. The van der Waals surface area contributed by atoms with Crippen molar-refractivity contribution < 1.29 is 13.2 Å². The first kappa shape index (κ1) is 16.0. The van der Waals surface area contributed by atoms with Gasteiger partial charge >= 0.3 is 0 Å². The number of carbonyl (C=O) groups excluding carboxylic acids is 1. The maximum atomic E-state index is 12.2. The van der Waals surface area contributed by atoms with Crippen LogP contribution in [0.2, 0.25) is 0 Å². The van der Waals surface area contributed by atoms with Gasteiger partial charge in [-0.15, -0.1) is 0 Å². The minimum atomic E-state index is -3.22. The molecule has 0 spiro atoms. The molecule has 1 aromatic rings. The Morgan fingerprint density at radius 1 is 1.52 bits per heavy atom. The monoisotopic (exact) mass is 314 g/mol. The van der Waals surface area contributed by atoms with Gasteiger partial charge in [-0.2, -0.15) is 5.10 Å². The molecule has 1 fully saturated rings. The SMILES string of the molecule is CC(Cn1cccn1)NC(=O)C1CCCN(S(C)(=O)=O)C1. The van der Waals surface area contributed by atoms with Crippen LogP contribution in [0.1, 0.15) is 19.8 Å². The van der Waals surface area contributed by atoms with E-state index in [1.807, 2.05) is 19.2 Å². The topological polar surface area (TPSA) is 84.3 Å². The Bertz CT molecular complexity index is 570. The van der Waals surface area contributed by atoms with Crippen LogP contribution in [0.4, 0.5) is 0 Å². The highest BCUT2D eigenvalue weighted by Crippen LogP contribution is 2.18. The van der Waals surface area contributed by atoms with Gasteiger partial charge in [-0.3, -0.25) is 9.48 Å². The number of amides is 1. The Morgan fingerprint density at radius 3 is 2.90 bits per heavy atom. The van der Waals surface area contributed by atoms with Gasteiger partial charge < -0.3 is 5.32 Å². The van der Waals surface area contributed by atoms with Gasteiger partial charge in [-0.1, -0.05) is 0 Å². The molecule has 118 valence electrons. The summed E-state index contributed by atoms with van der Waals surface area (Å²) in [6, 6.07) is 1.78. The first-order chi connectivity index (χ1) is 9.86. The van der Waals surface area contributed by atoms with E-state index in [-0.39, 0.29) is 24.4 Å². The van der Waals surface area contributed by atoms with Crippen LogP contribution in [0.3, 0.4) is 0 Å². The molecule has 0 bridgehead atoms. The summed E-state index contributed by atoms with van der Waals surface area (Å²) in [4.78, 5) is 12.2. The molecule has 0 radical (unpaired) electrons. The zero-order valence-electron chi connectivity index (χ0n) is 12.4. The summed E-state index contributed by atoms with van der Waals surface area (Å²) in [6.07, 6.45) is 6.17. The van der Waals surface area contributed by atoms with Crippen LogP contribution in [-0.4, -0.2) is 53.8 Å². The first-order valence-corrected chi connectivity index (χ1v) is 8.94. The van der Waals surface area contributed by atoms with Crippen molar-refractivity contribution in [3.63, 3.8) is 0 Å². The minimum Gasteiger partial charge on any atom is -0.352 e. The Labute approximate surface area is 125 Å². The van der Waals surface area contributed by atoms with E-state index in [9.17, 15) is 13.2 Å². The summed E-state index contributed by atoms with van der Waals surface area (Å²) in [7, 11) is -3.22. The molecule has 0 aliphatic carbocycles. The Hall–Kier alpha value is -1.41. The molecular formula is C13H22N4O3S. The number of carbonyl (C=O) groups is 1. The molecule has 1 amide bonds. The number of rotatable bonds is 5. The second-order valence-electron chi connectivity index (χ2n) is 5.60. The van der Waals surface area contributed by atoms with E-state index in [0.29, 0.717) is 13.1 Å². The molecule has 8 heteroatoms. The first-order valence-electron chi connectivity index (χ1n) is 7.09. The predicted molar refractivity (Wildman–Crippen MR) is 79.0 cm³/mol. The Kier molecular flexibility index (Phi) is 5.00. The molecule has 2 rings (SSSR count). The van der Waals surface area contributed by atoms with Crippen molar-refractivity contribution in [1.29, 1.82) is 0 Å². The molecule has 1 aliphatic heterocycles. The van der Waals surface area contributed by atoms with Gasteiger partial charge in [-0.25, -0.2) is 12.7 Å². The molecular weight excluding hydrogens is 292 g/mol. The number of nitrogens with zero attached hydrogens (tertiary/aromatic N) is 3. The second-order valence-corrected chi connectivity index (χ2v) is 7.58. The van der Waals surface area contributed by atoms with E-state index in [1.54, 1.807) is 10.9 Å². The Balaban J connectivity index is 1.87. The number of piperidine rings is 1. The largest absolute Gasteiger partial charge is 0.352 e. The molecule has 2 unspecified atom stereocenters. The van der Waals surface area contributed by atoms with E-state index in [4.69, 9.17) is 0 Å². The third-order valence-electron chi connectivity index (χ3n) is 3.63. The molecule has 1 aromatic heterocycles. The molecule has 0 saturated carbocycles. The summed E-state index contributed by atoms with van der Waals surface area (Å²) in [6.45, 7) is 3.29. The lowest BCUT2D eigenvalue weighted by molar-refractivity contribution is -0.126. The van der Waals surface area contributed by atoms with Crippen LogP contribution in [0.25, 0.3) is 0 Å². The van der Waals surface area contributed by atoms with Gasteiger partial charge in [-0.05, 0) is 25.8 Å². The summed E-state index contributed by atoms with van der Waals surface area (Å²) < 4.78 is 26.3. The third-order valence-corrected chi connectivity index (χ3v) is 4.90. The highest BCUT2D eigenvalue weighted by Gasteiger charge is 2.30. The van der Waals surface area contributed by atoms with Crippen molar-refractivity contribution in [2.75, 3.05) is 19.3 Å². The number of hydrogen-bond donors (Lipinski definition) is 1. The summed E-state index contributed by atoms with van der Waals surface area (Å²) in [5, 5.41) is 7.04. The fourth-order valence-electron chi connectivity index (χ4n) is 2.55. The highest BCUT2D eigenvalue weighted by atomic mass is 32.2. The standard InChI is InChI=1S/C13H22N4O3S/c1-11(9-16-7-4-6-14-16)15-13(18)12-5-3-8-17(10-12)21(2,19)20/h4,6-7,11-12H,3,5,8-10H2,1-2H3,(H,15,18). The van der Waals surface area contributed by atoms with E-state index < -0.39 is 10.0 Å². The predicted octanol–water partition coefficient (Wildman–Crippen LogP) is 0.0594. The molecule has 2 heterocycles. The normalized spacial score (nSPS) is 21.9. The highest BCUT2D eigenvalue weighted by molar-refractivity contribution is 7.88. The van der Waals surface area contributed by atoms with Gasteiger partial charge in [0.1, 0.15) is 0 Å². The maximum Gasteiger partial charge on any atom is 0.224 e. The molecule has 1 N–H and O–H groups in total. The van der Waals surface area contributed by atoms with Crippen LogP contribution in [0.5, 0.6) is 0 Å². The molecule has 21 heavy (non-hydrogen) atoms. The second kappa shape index (κ2) is 6.57. The summed E-state index contributed by atoms with van der Waals surface area (Å²) >= 11 is 0. The van der Waals surface area contributed by atoms with Gasteiger partial charge in [0.2, 0.25) is 15.9 Å². The van der Waals surface area contributed by atoms with Crippen molar-refractivity contribution in [1.82, 2.24) is 19.4 Å². The molecule has 7 nitrogen and oxygen atoms in total. The maximum absolute atomic E-state index is 12.2. The van der Waals surface area contributed by atoms with Crippen LogP contribution < -0.4 is 5.32 Å². The van der Waals surface area contributed by atoms with Crippen LogP contribution in [0, 0.1) is 5.92 Å². The zero-order chi connectivity index (χ0) is 15.5. The summed E-state index contributed by atoms with van der Waals surface area (Å²) in [5.41, 5.74) is 0. The molecule has 1 aliphatic rings. The number of sulfonamides is 1. The van der Waals surface area contributed by atoms with E-state index in [2.05, 4.69) is 10.4 Å². The Morgan fingerprint density at radius 2 is 2.29 bits per heavy atom. The fourth-order valence-corrected chi connectivity index (χ4v) is 3.46. The van der Waals surface area contributed by atoms with Crippen molar-refractivity contribution in [2.45, 2.75) is 32.4 Å². The lowest BCUT2D eigenvalue weighted by Gasteiger charge is -2.30. The van der Waals surface area contributed by atoms with E-state index >= 15 is 0 Å². The van der Waals surface area contributed by atoms with Crippen molar-refractivity contribution >= 4 is 15.9 Å². The van der Waals surface area contributed by atoms with Crippen molar-refractivity contribution in [3.05, 3.63) is 18.5 Å². The van der Waals surface area contributed by atoms with Gasteiger partial charge in [0.25, 0.3) is 0 Å². The number of hydrogen-bond acceptors (Lipinski definition) is 4. The van der Waals surface area contributed by atoms with Crippen molar-refractivity contribution in [2.24, 2.45) is 5.92 Å². The van der Waals surface area contributed by atoms with Crippen LogP contribution in [-0.2, 0) is 21.4 Å². The molecule has 0 aromatic carbocycles. The number of nitrogens with one attached hydrogen (secondary N) is 1. The molecule has 2 atom stereocenters. The van der Waals surface area contributed by atoms with Gasteiger partial charge in [0.15, 0.2) is 0 Å². The van der Waals surface area contributed by atoms with Crippen LogP contribution in [0.15, 0.2) is 18.5 Å². The average Bonchev–Trinajstić information content (AvgIpc) is 2.90. The number of aromatic nitrogens is 2. The van der Waals surface area contributed by atoms with E-state index in [1.165, 1.54) is 10.6 Å². The third kappa shape index (κ3) is 4.53. The minimum absolute atomic E-state index is 0.0500.